The van der Waals surface area contributed by atoms with Gasteiger partial charge in [0.15, 0.2) is 5.82 Å². The molecule has 0 aliphatic carbocycles. The molecule has 1 aromatic heterocycles. The Morgan fingerprint density at radius 2 is 2.57 bits per heavy atom. The zero-order valence-corrected chi connectivity index (χ0v) is 5.12. The van der Waals surface area contributed by atoms with Crippen molar-refractivity contribution >= 4 is 16.1 Å². The van der Waals surface area contributed by atoms with E-state index in [4.69, 9.17) is 0 Å². The fourth-order valence-corrected chi connectivity index (χ4v) is 0.548. The first-order chi connectivity index (χ1) is 3.43. The highest BCUT2D eigenvalue weighted by Gasteiger charge is 1.90. The van der Waals surface area contributed by atoms with Gasteiger partial charge in [0.2, 0.25) is 0 Å². The van der Waals surface area contributed by atoms with E-state index in [0.29, 0.717) is 0 Å². The Labute approximate surface area is 49.0 Å². The lowest BCUT2D eigenvalue weighted by atomic mass is 10.6. The molecule has 0 fully saturated rings. The minimum absolute atomic E-state index is 0.729. The second kappa shape index (κ2) is 2.13. The molecule has 1 rings (SSSR count). The summed E-state index contributed by atoms with van der Waals surface area (Å²) in [6, 6.07) is 0. The van der Waals surface area contributed by atoms with Crippen molar-refractivity contribution in [1.29, 1.82) is 0 Å². The Morgan fingerprint density at radius 3 is 2.71 bits per heavy atom. The molecule has 0 atom stereocenters. The standard InChI is InChI=1S/C2H5BrN4/c3-4-1-2-5-7-6-2/h4,7H,1H2,(H,5,6). The van der Waals surface area contributed by atoms with Crippen LogP contribution in [0, 0.1) is 0 Å². The number of H-pyrrole nitrogens is 2. The molecule has 4 nitrogen and oxygen atoms in total. The van der Waals surface area contributed by atoms with Gasteiger partial charge in [-0.3, -0.25) is 5.10 Å². The van der Waals surface area contributed by atoms with Crippen LogP contribution in [-0.4, -0.2) is 15.4 Å². The average molecular weight is 165 g/mol. The Bertz CT molecular complexity index is 113. The molecule has 0 unspecified atom stereocenters. The summed E-state index contributed by atoms with van der Waals surface area (Å²) in [6.07, 6.45) is 0. The number of hydrogen-bond acceptors (Lipinski definition) is 2. The van der Waals surface area contributed by atoms with Crippen molar-refractivity contribution in [2.75, 3.05) is 0 Å². The van der Waals surface area contributed by atoms with Crippen molar-refractivity contribution in [2.24, 2.45) is 0 Å². The molecule has 0 aromatic carbocycles. The van der Waals surface area contributed by atoms with Gasteiger partial charge >= 0.3 is 0 Å². The van der Waals surface area contributed by atoms with Crippen molar-refractivity contribution in [2.45, 2.75) is 6.54 Å². The maximum atomic E-state index is 3.72. The predicted octanol–water partition coefficient (Wildman–Crippen LogP) is 0.137. The molecular formula is C2H5BrN4. The summed E-state index contributed by atoms with van der Waals surface area (Å²) in [7, 11) is 0. The van der Waals surface area contributed by atoms with Crippen LogP contribution in [0.3, 0.4) is 0 Å². The quantitative estimate of drug-likeness (QED) is 0.545. The van der Waals surface area contributed by atoms with Crippen LogP contribution in [0.5, 0.6) is 0 Å². The van der Waals surface area contributed by atoms with Gasteiger partial charge < -0.3 is 0 Å². The first-order valence-corrected chi connectivity index (χ1v) is 2.64. The summed E-state index contributed by atoms with van der Waals surface area (Å²) in [4.78, 5) is 0. The smallest absolute Gasteiger partial charge is 0.158 e. The van der Waals surface area contributed by atoms with E-state index < -0.39 is 0 Å². The van der Waals surface area contributed by atoms with Crippen molar-refractivity contribution in [3.63, 3.8) is 0 Å². The highest BCUT2D eigenvalue weighted by molar-refractivity contribution is 9.08. The Hall–Kier alpha value is -0.290. The summed E-state index contributed by atoms with van der Waals surface area (Å²) < 4.78 is 2.75. The molecule has 3 N–H and O–H groups in total. The molecule has 7 heavy (non-hydrogen) atoms. The van der Waals surface area contributed by atoms with Gasteiger partial charge in [-0.1, -0.05) is 0 Å². The number of aromatic amines is 2. The summed E-state index contributed by atoms with van der Waals surface area (Å²) in [5, 5.41) is 9.00. The fourth-order valence-electron chi connectivity index (χ4n) is 0.282. The normalized spacial score (nSPS) is 9.86. The molecule has 0 aliphatic heterocycles. The van der Waals surface area contributed by atoms with Crippen molar-refractivity contribution in [3.05, 3.63) is 5.82 Å². The molecule has 40 valence electrons. The van der Waals surface area contributed by atoms with Gasteiger partial charge in [0.1, 0.15) is 0 Å². The topological polar surface area (TPSA) is 56.5 Å². The summed E-state index contributed by atoms with van der Waals surface area (Å²) in [5.74, 6) is 0.914. The number of nitrogens with one attached hydrogen (secondary N) is 3. The predicted molar refractivity (Wildman–Crippen MR) is 28.7 cm³/mol. The molecule has 0 bridgehead atoms. The van der Waals surface area contributed by atoms with E-state index in [-0.39, 0.29) is 0 Å². The highest BCUT2D eigenvalue weighted by atomic mass is 79.9. The average Bonchev–Trinajstić information content (AvgIpc) is 1.55. The molecule has 1 aromatic rings. The lowest BCUT2D eigenvalue weighted by molar-refractivity contribution is 0.658. The zero-order chi connectivity index (χ0) is 5.11. The second-order valence-corrected chi connectivity index (χ2v) is 1.67. The summed E-state index contributed by atoms with van der Waals surface area (Å²) >= 11 is 3.03. The monoisotopic (exact) mass is 164 g/mol. The molecule has 1 heterocycles. The fraction of sp³-hybridized carbons (Fsp3) is 0.500. The van der Waals surface area contributed by atoms with Gasteiger partial charge in [0.25, 0.3) is 0 Å². The third-order valence-electron chi connectivity index (χ3n) is 0.625. The van der Waals surface area contributed by atoms with Gasteiger partial charge in [-0.2, -0.15) is 0 Å². The van der Waals surface area contributed by atoms with E-state index in [1.807, 2.05) is 0 Å². The van der Waals surface area contributed by atoms with Crippen molar-refractivity contribution in [1.82, 2.24) is 19.8 Å². The number of hydrogen-bond donors (Lipinski definition) is 3. The van der Waals surface area contributed by atoms with E-state index >= 15 is 0 Å². The van der Waals surface area contributed by atoms with Gasteiger partial charge in [0.05, 0.1) is 6.54 Å². The first kappa shape index (κ1) is 4.86. The van der Waals surface area contributed by atoms with E-state index in [1.165, 1.54) is 0 Å². The number of halogens is 1. The molecule has 5 heteroatoms. The maximum Gasteiger partial charge on any atom is 0.158 e. The van der Waals surface area contributed by atoms with Crippen LogP contribution in [0.1, 0.15) is 5.82 Å². The van der Waals surface area contributed by atoms with Crippen molar-refractivity contribution < 1.29 is 0 Å². The van der Waals surface area contributed by atoms with Crippen LogP contribution in [0.15, 0.2) is 0 Å². The third kappa shape index (κ3) is 1.04. The third-order valence-corrected chi connectivity index (χ3v) is 0.906. The number of rotatable bonds is 2. The maximum absolute atomic E-state index is 3.72. The second-order valence-electron chi connectivity index (χ2n) is 1.11. The van der Waals surface area contributed by atoms with Gasteiger partial charge in [-0.15, -0.1) is 5.10 Å². The van der Waals surface area contributed by atoms with Gasteiger partial charge in [-0.05, 0) is 0 Å². The molecule has 0 saturated carbocycles. The highest BCUT2D eigenvalue weighted by Crippen LogP contribution is 1.83. The van der Waals surface area contributed by atoms with Crippen LogP contribution < -0.4 is 4.34 Å². The molecule has 0 radical (unpaired) electrons. The van der Waals surface area contributed by atoms with Crippen LogP contribution in [0.25, 0.3) is 0 Å². The minimum Gasteiger partial charge on any atom is -0.269 e. The van der Waals surface area contributed by atoms with E-state index in [0.717, 1.165) is 12.4 Å². The zero-order valence-electron chi connectivity index (χ0n) is 3.53. The number of aromatic nitrogens is 3. The van der Waals surface area contributed by atoms with Crippen LogP contribution >= 0.6 is 16.1 Å². The number of nitrogens with zero attached hydrogens (tertiary/aromatic N) is 1. The van der Waals surface area contributed by atoms with Gasteiger partial charge in [0, 0.05) is 16.1 Å². The molecule has 0 amide bonds. The lowest BCUT2D eigenvalue weighted by Crippen LogP contribution is -2.09. The molecule has 0 saturated heterocycles. The Morgan fingerprint density at radius 1 is 1.86 bits per heavy atom. The molecule has 0 spiro atoms. The van der Waals surface area contributed by atoms with E-state index in [1.54, 1.807) is 0 Å². The van der Waals surface area contributed by atoms with E-state index in [9.17, 15) is 0 Å². The molecule has 0 aliphatic rings. The first-order valence-electron chi connectivity index (χ1n) is 1.84. The lowest BCUT2D eigenvalue weighted by Gasteiger charge is -1.98. The van der Waals surface area contributed by atoms with E-state index in [2.05, 4.69) is 35.9 Å². The summed E-state index contributed by atoms with van der Waals surface area (Å²) in [5.41, 5.74) is 0. The minimum atomic E-state index is 0.729. The van der Waals surface area contributed by atoms with Crippen LogP contribution in [0.4, 0.5) is 0 Å². The van der Waals surface area contributed by atoms with Crippen molar-refractivity contribution in [3.8, 4) is 0 Å². The largest absolute Gasteiger partial charge is 0.269 e. The Balaban J connectivity index is 2.26. The SMILES string of the molecule is BrNCc1n[nH][nH]1. The van der Waals surface area contributed by atoms with Crippen LogP contribution in [0.2, 0.25) is 0 Å². The van der Waals surface area contributed by atoms with Crippen LogP contribution in [-0.2, 0) is 6.54 Å². The Kier molecular flexibility index (Phi) is 1.48. The summed E-state index contributed by atoms with van der Waals surface area (Å²) in [6.45, 7) is 0.729. The molecular weight excluding hydrogens is 160 g/mol. The van der Waals surface area contributed by atoms with Gasteiger partial charge in [-0.25, -0.2) is 9.56 Å².